The zero-order chi connectivity index (χ0) is 11.7. The number of thiazole rings is 1. The molecular formula is C11H16N4S. The Bertz CT molecular complexity index is 466. The maximum atomic E-state index is 6.21. The molecule has 0 aliphatic carbocycles. The summed E-state index contributed by atoms with van der Waals surface area (Å²) in [6.45, 7) is 7.04. The highest BCUT2D eigenvalue weighted by Crippen LogP contribution is 2.25. The predicted molar refractivity (Wildman–Crippen MR) is 65.5 cm³/mol. The van der Waals surface area contributed by atoms with Crippen LogP contribution in [-0.4, -0.2) is 14.5 Å². The molecule has 86 valence electrons. The lowest BCUT2D eigenvalue weighted by atomic mass is 10.2. The van der Waals surface area contributed by atoms with Crippen LogP contribution in [-0.2, 0) is 6.54 Å². The normalized spacial score (nSPS) is 13.0. The number of rotatable bonds is 3. The molecule has 1 unspecified atom stereocenters. The van der Waals surface area contributed by atoms with Gasteiger partial charge < -0.3 is 10.3 Å². The van der Waals surface area contributed by atoms with Crippen LogP contribution in [0.4, 0.5) is 0 Å². The van der Waals surface area contributed by atoms with Gasteiger partial charge in [-0.25, -0.2) is 9.97 Å². The molecule has 0 saturated heterocycles. The fraction of sp³-hybridized carbons (Fsp3) is 0.455. The van der Waals surface area contributed by atoms with Gasteiger partial charge in [0.1, 0.15) is 5.01 Å². The highest BCUT2D eigenvalue weighted by Gasteiger charge is 2.17. The van der Waals surface area contributed by atoms with Gasteiger partial charge in [-0.15, -0.1) is 11.3 Å². The fourth-order valence-electron chi connectivity index (χ4n) is 1.61. The highest BCUT2D eigenvalue weighted by atomic mass is 32.1. The molecule has 0 spiro atoms. The zero-order valence-corrected chi connectivity index (χ0v) is 10.6. The average Bonchev–Trinajstić information content (AvgIpc) is 2.85. The molecule has 2 aromatic rings. The third-order valence-corrected chi connectivity index (χ3v) is 3.87. The van der Waals surface area contributed by atoms with E-state index >= 15 is 0 Å². The Labute approximate surface area is 99.2 Å². The summed E-state index contributed by atoms with van der Waals surface area (Å²) in [5.41, 5.74) is 8.30. The maximum absolute atomic E-state index is 6.21. The van der Waals surface area contributed by atoms with Gasteiger partial charge >= 0.3 is 0 Å². The molecule has 2 aromatic heterocycles. The molecule has 2 heterocycles. The lowest BCUT2D eigenvalue weighted by Crippen LogP contribution is -2.16. The van der Waals surface area contributed by atoms with Crippen LogP contribution in [0.5, 0.6) is 0 Å². The first kappa shape index (κ1) is 11.3. The number of hydrogen-bond donors (Lipinski definition) is 1. The molecule has 0 fully saturated rings. The Kier molecular flexibility index (Phi) is 3.07. The molecule has 2 rings (SSSR count). The van der Waals surface area contributed by atoms with E-state index in [4.69, 9.17) is 5.73 Å². The predicted octanol–water partition coefficient (Wildman–Crippen LogP) is 2.02. The molecule has 5 heteroatoms. The molecule has 0 aromatic carbocycles. The van der Waals surface area contributed by atoms with Gasteiger partial charge in [0.15, 0.2) is 0 Å². The van der Waals surface area contributed by atoms with Crippen molar-refractivity contribution in [2.45, 2.75) is 33.4 Å². The van der Waals surface area contributed by atoms with Crippen molar-refractivity contribution in [2.24, 2.45) is 5.73 Å². The monoisotopic (exact) mass is 236 g/mol. The van der Waals surface area contributed by atoms with Crippen molar-refractivity contribution in [1.82, 2.24) is 14.5 Å². The molecule has 4 nitrogen and oxygen atoms in total. The molecule has 0 bridgehead atoms. The van der Waals surface area contributed by atoms with Gasteiger partial charge in [0.2, 0.25) is 0 Å². The summed E-state index contributed by atoms with van der Waals surface area (Å²) in [7, 11) is 0. The van der Waals surface area contributed by atoms with Gasteiger partial charge in [0.25, 0.3) is 0 Å². The minimum atomic E-state index is -0.167. The van der Waals surface area contributed by atoms with Gasteiger partial charge in [-0.2, -0.15) is 0 Å². The number of aryl methyl sites for hydroxylation is 3. The number of aromatic nitrogens is 3. The van der Waals surface area contributed by atoms with Crippen molar-refractivity contribution in [3.8, 4) is 0 Å². The van der Waals surface area contributed by atoms with Gasteiger partial charge in [0.05, 0.1) is 30.0 Å². The van der Waals surface area contributed by atoms with Crippen LogP contribution in [0.15, 0.2) is 12.5 Å². The first-order chi connectivity index (χ1) is 7.63. The Balaban J connectivity index is 2.35. The molecule has 0 amide bonds. The second-order valence-electron chi connectivity index (χ2n) is 3.78. The minimum Gasteiger partial charge on any atom is -0.333 e. The number of nitrogens with zero attached hydrogens (tertiary/aromatic N) is 3. The van der Waals surface area contributed by atoms with Crippen LogP contribution < -0.4 is 5.73 Å². The van der Waals surface area contributed by atoms with Crippen molar-refractivity contribution in [3.63, 3.8) is 0 Å². The molecule has 16 heavy (non-hydrogen) atoms. The van der Waals surface area contributed by atoms with Gasteiger partial charge in [-0.1, -0.05) is 0 Å². The summed E-state index contributed by atoms with van der Waals surface area (Å²) >= 11 is 1.66. The second-order valence-corrected chi connectivity index (χ2v) is 5.01. The van der Waals surface area contributed by atoms with E-state index in [1.54, 1.807) is 11.3 Å². The van der Waals surface area contributed by atoms with E-state index in [-0.39, 0.29) is 6.04 Å². The molecule has 0 radical (unpaired) electrons. The Morgan fingerprint density at radius 2 is 2.25 bits per heavy atom. The summed E-state index contributed by atoms with van der Waals surface area (Å²) in [5, 5.41) is 0.963. The number of imidazole rings is 1. The van der Waals surface area contributed by atoms with Crippen LogP contribution in [0.3, 0.4) is 0 Å². The lowest BCUT2D eigenvalue weighted by molar-refractivity contribution is 0.672. The van der Waals surface area contributed by atoms with E-state index in [1.165, 1.54) is 4.88 Å². The summed E-state index contributed by atoms with van der Waals surface area (Å²) in [6, 6.07) is -0.167. The molecule has 2 N–H and O–H groups in total. The first-order valence-electron chi connectivity index (χ1n) is 5.33. The van der Waals surface area contributed by atoms with E-state index in [9.17, 15) is 0 Å². The van der Waals surface area contributed by atoms with Crippen molar-refractivity contribution in [3.05, 3.63) is 33.8 Å². The summed E-state index contributed by atoms with van der Waals surface area (Å²) < 4.78 is 2.05. The lowest BCUT2D eigenvalue weighted by Gasteiger charge is -2.10. The van der Waals surface area contributed by atoms with Crippen molar-refractivity contribution >= 4 is 11.3 Å². The van der Waals surface area contributed by atoms with E-state index in [1.807, 2.05) is 19.4 Å². The van der Waals surface area contributed by atoms with E-state index in [2.05, 4.69) is 28.4 Å². The third-order valence-electron chi connectivity index (χ3n) is 2.71. The highest BCUT2D eigenvalue weighted by molar-refractivity contribution is 7.11. The van der Waals surface area contributed by atoms with Gasteiger partial charge in [0, 0.05) is 11.4 Å². The summed E-state index contributed by atoms with van der Waals surface area (Å²) in [4.78, 5) is 9.85. The smallest absolute Gasteiger partial charge is 0.116 e. The van der Waals surface area contributed by atoms with Crippen LogP contribution in [0.1, 0.15) is 34.2 Å². The number of hydrogen-bond acceptors (Lipinski definition) is 4. The Morgan fingerprint density at radius 1 is 1.50 bits per heavy atom. The first-order valence-corrected chi connectivity index (χ1v) is 6.14. The van der Waals surface area contributed by atoms with E-state index < -0.39 is 0 Å². The van der Waals surface area contributed by atoms with Crippen molar-refractivity contribution in [1.29, 1.82) is 0 Å². The molecule has 1 atom stereocenters. The summed E-state index contributed by atoms with van der Waals surface area (Å²) in [5.74, 6) is 0. The van der Waals surface area contributed by atoms with Gasteiger partial charge in [-0.3, -0.25) is 0 Å². The maximum Gasteiger partial charge on any atom is 0.116 e. The second kappa shape index (κ2) is 4.35. The van der Waals surface area contributed by atoms with E-state index in [0.717, 1.165) is 22.9 Å². The number of nitrogens with two attached hydrogens (primary N) is 1. The molecular weight excluding hydrogens is 220 g/mol. The molecule has 0 aliphatic rings. The van der Waals surface area contributed by atoms with E-state index in [0.29, 0.717) is 0 Å². The standard InChI is InChI=1S/C11H16N4S/c1-4-15-6-13-5-9(15)10(12)11-14-7(2)8(3)16-11/h5-6,10H,4,12H2,1-3H3. The van der Waals surface area contributed by atoms with Crippen molar-refractivity contribution < 1.29 is 0 Å². The Hall–Kier alpha value is -1.20. The molecule has 0 saturated carbocycles. The fourth-order valence-corrected chi connectivity index (χ4v) is 2.55. The third kappa shape index (κ3) is 1.88. The molecule has 0 aliphatic heterocycles. The quantitative estimate of drug-likeness (QED) is 0.887. The minimum absolute atomic E-state index is 0.167. The largest absolute Gasteiger partial charge is 0.333 e. The van der Waals surface area contributed by atoms with Crippen LogP contribution >= 0.6 is 11.3 Å². The van der Waals surface area contributed by atoms with Crippen LogP contribution in [0.25, 0.3) is 0 Å². The van der Waals surface area contributed by atoms with Gasteiger partial charge in [-0.05, 0) is 20.8 Å². The Morgan fingerprint density at radius 3 is 2.81 bits per heavy atom. The van der Waals surface area contributed by atoms with Crippen LogP contribution in [0, 0.1) is 13.8 Å². The summed E-state index contributed by atoms with van der Waals surface area (Å²) in [6.07, 6.45) is 3.63. The topological polar surface area (TPSA) is 56.7 Å². The zero-order valence-electron chi connectivity index (χ0n) is 9.77. The van der Waals surface area contributed by atoms with Crippen molar-refractivity contribution in [2.75, 3.05) is 0 Å². The van der Waals surface area contributed by atoms with Crippen LogP contribution in [0.2, 0.25) is 0 Å². The SMILES string of the molecule is CCn1cncc1C(N)c1nc(C)c(C)s1. The average molecular weight is 236 g/mol.